The number of hydrogen-bond donors (Lipinski definition) is 1. The monoisotopic (exact) mass is 427 g/mol. The zero-order valence-electron chi connectivity index (χ0n) is 20.1. The standard InChI is InChI=1S/C20H33FN2O2.C2H7N.CH2O/c1-7-10-11-17(21)16(8-2)18(9-3)22-12-14-23(15-13-22)19(24)25-20(4,5)6;1-3-2;1-2/h7-8,10-11,18H,9,12-15H2,1-6H3;3H,1-2H3;1H2/b10-7-,16-8+,17-11+;;. The molecule has 1 rings (SSSR count). The van der Waals surface area contributed by atoms with Gasteiger partial charge in [-0.3, -0.25) is 4.90 Å². The minimum Gasteiger partial charge on any atom is -0.444 e. The summed E-state index contributed by atoms with van der Waals surface area (Å²) in [5.41, 5.74) is 0.227. The van der Waals surface area contributed by atoms with E-state index < -0.39 is 5.60 Å². The average molecular weight is 428 g/mol. The van der Waals surface area contributed by atoms with Crippen molar-refractivity contribution in [1.29, 1.82) is 0 Å². The maximum absolute atomic E-state index is 14.5. The van der Waals surface area contributed by atoms with Crippen LogP contribution in [-0.4, -0.2) is 74.6 Å². The van der Waals surface area contributed by atoms with Crippen LogP contribution in [0.25, 0.3) is 0 Å². The van der Waals surface area contributed by atoms with Crippen LogP contribution in [0.2, 0.25) is 0 Å². The highest BCUT2D eigenvalue weighted by Crippen LogP contribution is 2.24. The average Bonchev–Trinajstić information content (AvgIpc) is 2.71. The first-order valence-electron chi connectivity index (χ1n) is 10.4. The molecule has 1 atom stereocenters. The van der Waals surface area contributed by atoms with Gasteiger partial charge in [0.2, 0.25) is 0 Å². The van der Waals surface area contributed by atoms with Crippen LogP contribution in [0, 0.1) is 0 Å². The Morgan fingerprint density at radius 1 is 1.17 bits per heavy atom. The van der Waals surface area contributed by atoms with Crippen molar-refractivity contribution in [2.45, 2.75) is 59.6 Å². The van der Waals surface area contributed by atoms with E-state index in [-0.39, 0.29) is 18.0 Å². The van der Waals surface area contributed by atoms with Crippen LogP contribution >= 0.6 is 0 Å². The first-order valence-corrected chi connectivity index (χ1v) is 10.4. The van der Waals surface area contributed by atoms with Crippen molar-refractivity contribution in [1.82, 2.24) is 15.1 Å². The Morgan fingerprint density at radius 3 is 2.03 bits per heavy atom. The van der Waals surface area contributed by atoms with E-state index in [2.05, 4.69) is 17.1 Å². The molecular formula is C23H42FN3O3. The van der Waals surface area contributed by atoms with E-state index in [1.165, 1.54) is 6.08 Å². The number of nitrogens with one attached hydrogen (secondary N) is 1. The van der Waals surface area contributed by atoms with Gasteiger partial charge in [-0.15, -0.1) is 0 Å². The first kappa shape index (κ1) is 30.2. The van der Waals surface area contributed by atoms with Gasteiger partial charge in [0.15, 0.2) is 0 Å². The van der Waals surface area contributed by atoms with Crippen LogP contribution in [0.5, 0.6) is 0 Å². The zero-order valence-corrected chi connectivity index (χ0v) is 20.1. The quantitative estimate of drug-likeness (QED) is 0.661. The molecule has 0 aromatic rings. The topological polar surface area (TPSA) is 61.9 Å². The van der Waals surface area contributed by atoms with Crippen molar-refractivity contribution in [2.75, 3.05) is 40.3 Å². The Kier molecular flexibility index (Phi) is 16.9. The lowest BCUT2D eigenvalue weighted by Crippen LogP contribution is -2.53. The molecule has 174 valence electrons. The molecule has 0 bridgehead atoms. The Bertz CT molecular complexity index is 561. The number of carbonyl (C=O) groups is 2. The van der Waals surface area contributed by atoms with Gasteiger partial charge in [-0.2, -0.15) is 0 Å². The lowest BCUT2D eigenvalue weighted by atomic mass is 10.00. The number of halogens is 1. The molecule has 0 aromatic heterocycles. The molecule has 1 aliphatic rings. The molecule has 1 amide bonds. The minimum atomic E-state index is -0.487. The number of hydrogen-bond acceptors (Lipinski definition) is 5. The highest BCUT2D eigenvalue weighted by atomic mass is 19.1. The highest BCUT2D eigenvalue weighted by molar-refractivity contribution is 5.68. The molecular weight excluding hydrogens is 385 g/mol. The lowest BCUT2D eigenvalue weighted by Gasteiger charge is -2.40. The largest absolute Gasteiger partial charge is 0.444 e. The summed E-state index contributed by atoms with van der Waals surface area (Å²) in [6.07, 6.45) is 7.44. The van der Waals surface area contributed by atoms with Gasteiger partial charge < -0.3 is 19.7 Å². The number of allylic oxidation sites excluding steroid dienone is 4. The molecule has 0 radical (unpaired) electrons. The third-order valence-corrected chi connectivity index (χ3v) is 4.17. The van der Waals surface area contributed by atoms with Gasteiger partial charge in [0.1, 0.15) is 18.2 Å². The highest BCUT2D eigenvalue weighted by Gasteiger charge is 2.30. The van der Waals surface area contributed by atoms with Crippen LogP contribution in [0.4, 0.5) is 9.18 Å². The first-order chi connectivity index (χ1) is 14.1. The SMILES string of the molecule is C=O.CNC.C\C=C/C=C(F)\C(=C/C)C(CC)N1CCN(C(=O)OC(C)(C)C)CC1. The van der Waals surface area contributed by atoms with Crippen LogP contribution in [0.1, 0.15) is 48.0 Å². The number of rotatable bonds is 5. The molecule has 1 N–H and O–H groups in total. The second-order valence-electron chi connectivity index (χ2n) is 7.71. The van der Waals surface area contributed by atoms with Crippen LogP contribution in [0.15, 0.2) is 35.7 Å². The molecule has 1 unspecified atom stereocenters. The fraction of sp³-hybridized carbons (Fsp3) is 0.652. The Balaban J connectivity index is 0. The van der Waals surface area contributed by atoms with Gasteiger partial charge in [-0.05, 0) is 61.2 Å². The van der Waals surface area contributed by atoms with Crippen molar-refractivity contribution in [3.8, 4) is 0 Å². The summed E-state index contributed by atoms with van der Waals surface area (Å²) in [6.45, 7) is 16.0. The van der Waals surface area contributed by atoms with Crippen LogP contribution in [-0.2, 0) is 9.53 Å². The predicted molar refractivity (Wildman–Crippen MR) is 123 cm³/mol. The Morgan fingerprint density at radius 2 is 1.67 bits per heavy atom. The molecule has 30 heavy (non-hydrogen) atoms. The second kappa shape index (κ2) is 16.8. The van der Waals surface area contributed by atoms with Crippen LogP contribution in [0.3, 0.4) is 0 Å². The Hall–Kier alpha value is -1.99. The number of carbonyl (C=O) groups excluding carboxylic acids is 2. The van der Waals surface area contributed by atoms with Gasteiger partial charge in [-0.25, -0.2) is 9.18 Å². The zero-order chi connectivity index (χ0) is 23.7. The molecule has 1 fully saturated rings. The fourth-order valence-electron chi connectivity index (χ4n) is 2.98. The summed E-state index contributed by atoms with van der Waals surface area (Å²) in [5, 5.41) is 2.75. The van der Waals surface area contributed by atoms with E-state index in [4.69, 9.17) is 9.53 Å². The van der Waals surface area contributed by atoms with Gasteiger partial charge >= 0.3 is 6.09 Å². The molecule has 6 nitrogen and oxygen atoms in total. The van der Waals surface area contributed by atoms with E-state index in [9.17, 15) is 9.18 Å². The van der Waals surface area contributed by atoms with Crippen molar-refractivity contribution in [3.05, 3.63) is 35.7 Å². The molecule has 1 saturated heterocycles. The summed E-state index contributed by atoms with van der Waals surface area (Å²) < 4.78 is 19.9. The van der Waals surface area contributed by atoms with Crippen molar-refractivity contribution < 1.29 is 18.7 Å². The number of amides is 1. The van der Waals surface area contributed by atoms with E-state index in [1.807, 2.05) is 67.7 Å². The van der Waals surface area contributed by atoms with Crippen molar-refractivity contribution in [3.63, 3.8) is 0 Å². The maximum Gasteiger partial charge on any atom is 0.410 e. The molecule has 0 spiro atoms. The van der Waals surface area contributed by atoms with Gasteiger partial charge in [-0.1, -0.05) is 25.2 Å². The third-order valence-electron chi connectivity index (χ3n) is 4.17. The summed E-state index contributed by atoms with van der Waals surface area (Å²) in [5.74, 6) is -0.193. The summed E-state index contributed by atoms with van der Waals surface area (Å²) in [7, 11) is 3.75. The van der Waals surface area contributed by atoms with Crippen LogP contribution < -0.4 is 5.32 Å². The Labute approximate surface area is 182 Å². The van der Waals surface area contributed by atoms with Crippen molar-refractivity contribution >= 4 is 12.9 Å². The smallest absolute Gasteiger partial charge is 0.410 e. The molecule has 0 aromatic carbocycles. The molecule has 0 saturated carbocycles. The maximum atomic E-state index is 14.5. The van der Waals surface area contributed by atoms with E-state index >= 15 is 0 Å². The third kappa shape index (κ3) is 11.9. The minimum absolute atomic E-state index is 0.0206. The summed E-state index contributed by atoms with van der Waals surface area (Å²) in [4.78, 5) is 24.2. The normalized spacial score (nSPS) is 16.9. The van der Waals surface area contributed by atoms with E-state index in [0.717, 1.165) is 6.42 Å². The van der Waals surface area contributed by atoms with E-state index in [0.29, 0.717) is 31.8 Å². The van der Waals surface area contributed by atoms with E-state index in [1.54, 1.807) is 11.0 Å². The van der Waals surface area contributed by atoms with Gasteiger partial charge in [0.05, 0.1) is 0 Å². The molecule has 0 aliphatic carbocycles. The lowest BCUT2D eigenvalue weighted by molar-refractivity contribution is -0.0980. The number of piperazine rings is 1. The fourth-order valence-corrected chi connectivity index (χ4v) is 2.98. The molecule has 1 aliphatic heterocycles. The summed E-state index contributed by atoms with van der Waals surface area (Å²) >= 11 is 0. The van der Waals surface area contributed by atoms with Gasteiger partial charge in [0.25, 0.3) is 0 Å². The van der Waals surface area contributed by atoms with Crippen molar-refractivity contribution in [2.24, 2.45) is 0 Å². The second-order valence-corrected chi connectivity index (χ2v) is 7.71. The number of ether oxygens (including phenoxy) is 1. The molecule has 1 heterocycles. The summed E-state index contributed by atoms with van der Waals surface area (Å²) in [6, 6.07) is 0.0206. The predicted octanol–water partition coefficient (Wildman–Crippen LogP) is 4.34. The molecule has 7 heteroatoms. The number of nitrogens with zero attached hydrogens (tertiary/aromatic N) is 2. The van der Waals surface area contributed by atoms with Gasteiger partial charge in [0, 0.05) is 37.8 Å².